The molecular weight excluding hydrogens is 333 g/mol. The molecule has 6 heteroatoms. The number of anilines is 2. The molecule has 3 aromatic rings. The molecule has 1 aliphatic rings. The summed E-state index contributed by atoms with van der Waals surface area (Å²) in [5, 5.41) is 7.85. The minimum absolute atomic E-state index is 0.0667. The quantitative estimate of drug-likeness (QED) is 0.762. The van der Waals surface area contributed by atoms with Gasteiger partial charge in [-0.1, -0.05) is 12.1 Å². The Morgan fingerprint density at radius 3 is 2.65 bits per heavy atom. The lowest BCUT2D eigenvalue weighted by molar-refractivity contribution is 0.0973. The number of ether oxygens (including phenoxy) is 1. The summed E-state index contributed by atoms with van der Waals surface area (Å²) in [6.45, 7) is 0. The second kappa shape index (κ2) is 6.63. The lowest BCUT2D eigenvalue weighted by Gasteiger charge is -2.14. The predicted octanol–water partition coefficient (Wildman–Crippen LogP) is 4.28. The fraction of sp³-hybridized carbons (Fsp3) is 0.200. The molecule has 0 saturated carbocycles. The highest BCUT2D eigenvalue weighted by molar-refractivity contribution is 6.03. The van der Waals surface area contributed by atoms with Crippen molar-refractivity contribution in [3.8, 4) is 11.4 Å². The van der Waals surface area contributed by atoms with Gasteiger partial charge < -0.3 is 10.1 Å². The summed E-state index contributed by atoms with van der Waals surface area (Å²) in [6, 6.07) is 13.6. The minimum Gasteiger partial charge on any atom is -0.495 e. The molecule has 1 heterocycles. The number of fused-ring (bicyclic) bond motifs is 1. The van der Waals surface area contributed by atoms with E-state index in [1.807, 2.05) is 24.3 Å². The minimum atomic E-state index is -0.307. The Labute approximate surface area is 150 Å². The van der Waals surface area contributed by atoms with Crippen LogP contribution in [0.3, 0.4) is 0 Å². The highest BCUT2D eigenvalue weighted by Crippen LogP contribution is 2.34. The van der Waals surface area contributed by atoms with E-state index in [4.69, 9.17) is 4.74 Å². The van der Waals surface area contributed by atoms with Gasteiger partial charge in [-0.15, -0.1) is 5.10 Å². The normalized spacial score (nSPS) is 13.4. The summed E-state index contributed by atoms with van der Waals surface area (Å²) in [5.74, 6) is 0.926. The molecule has 2 aromatic carbocycles. The SMILES string of the molecule is COc1ccccc1Nc1nn(-c2ccc(F)cc2)c2c1C(=O)CCC2. The van der Waals surface area contributed by atoms with Crippen LogP contribution in [0.2, 0.25) is 0 Å². The largest absolute Gasteiger partial charge is 0.495 e. The van der Waals surface area contributed by atoms with Gasteiger partial charge in [0.2, 0.25) is 0 Å². The van der Waals surface area contributed by atoms with Crippen molar-refractivity contribution in [1.29, 1.82) is 0 Å². The summed E-state index contributed by atoms with van der Waals surface area (Å²) in [7, 11) is 1.60. The van der Waals surface area contributed by atoms with E-state index in [9.17, 15) is 9.18 Å². The summed E-state index contributed by atoms with van der Waals surface area (Å²) >= 11 is 0. The molecule has 132 valence electrons. The Kier molecular flexibility index (Phi) is 4.16. The number of hydrogen-bond donors (Lipinski definition) is 1. The number of benzene rings is 2. The smallest absolute Gasteiger partial charge is 0.168 e. The average molecular weight is 351 g/mol. The van der Waals surface area contributed by atoms with Crippen LogP contribution in [0.1, 0.15) is 28.9 Å². The Hall–Kier alpha value is -3.15. The Balaban J connectivity index is 1.82. The molecule has 0 atom stereocenters. The molecule has 0 saturated heterocycles. The summed E-state index contributed by atoms with van der Waals surface area (Å²) in [4.78, 5) is 12.6. The first-order valence-corrected chi connectivity index (χ1v) is 8.48. The van der Waals surface area contributed by atoms with Gasteiger partial charge in [0.05, 0.1) is 29.7 Å². The van der Waals surface area contributed by atoms with Crippen molar-refractivity contribution in [3.63, 3.8) is 0 Å². The second-order valence-corrected chi connectivity index (χ2v) is 6.16. The maximum Gasteiger partial charge on any atom is 0.168 e. The van der Waals surface area contributed by atoms with Crippen LogP contribution >= 0.6 is 0 Å². The zero-order valence-corrected chi connectivity index (χ0v) is 14.3. The Bertz CT molecular complexity index is 964. The van der Waals surface area contributed by atoms with Crippen molar-refractivity contribution in [1.82, 2.24) is 9.78 Å². The monoisotopic (exact) mass is 351 g/mol. The standard InChI is InChI=1S/C20H18FN3O2/c1-26-18-8-3-2-5-15(18)22-20-19-16(6-4-7-17(19)25)24(23-20)14-11-9-13(21)10-12-14/h2-3,5,8-12H,4,6-7H2,1H3,(H,22,23). The molecule has 5 nitrogen and oxygen atoms in total. The maximum absolute atomic E-state index is 13.3. The highest BCUT2D eigenvalue weighted by atomic mass is 19.1. The van der Waals surface area contributed by atoms with Gasteiger partial charge in [-0.05, 0) is 49.2 Å². The zero-order chi connectivity index (χ0) is 18.1. The van der Waals surface area contributed by atoms with Crippen LogP contribution in [0.25, 0.3) is 5.69 Å². The molecule has 0 fully saturated rings. The number of carbonyl (C=O) groups excluding carboxylic acids is 1. The molecule has 0 aliphatic heterocycles. The summed E-state index contributed by atoms with van der Waals surface area (Å²) < 4.78 is 20.4. The first kappa shape index (κ1) is 16.3. The van der Waals surface area contributed by atoms with Crippen LogP contribution in [-0.2, 0) is 6.42 Å². The van der Waals surface area contributed by atoms with Crippen molar-refractivity contribution in [2.24, 2.45) is 0 Å². The Morgan fingerprint density at radius 1 is 1.12 bits per heavy atom. The van der Waals surface area contributed by atoms with Gasteiger partial charge >= 0.3 is 0 Å². The van der Waals surface area contributed by atoms with E-state index < -0.39 is 0 Å². The number of carbonyl (C=O) groups is 1. The number of halogens is 1. The summed E-state index contributed by atoms with van der Waals surface area (Å²) in [5.41, 5.74) is 2.92. The molecule has 26 heavy (non-hydrogen) atoms. The number of ketones is 1. The van der Waals surface area contributed by atoms with E-state index in [-0.39, 0.29) is 11.6 Å². The fourth-order valence-electron chi connectivity index (χ4n) is 3.28. The third-order valence-corrected chi connectivity index (χ3v) is 4.51. The number of para-hydroxylation sites is 2. The van der Waals surface area contributed by atoms with E-state index in [2.05, 4.69) is 10.4 Å². The van der Waals surface area contributed by atoms with E-state index in [0.717, 1.165) is 29.9 Å². The van der Waals surface area contributed by atoms with Gasteiger partial charge in [0.25, 0.3) is 0 Å². The Morgan fingerprint density at radius 2 is 1.88 bits per heavy atom. The van der Waals surface area contributed by atoms with Crippen LogP contribution in [0.5, 0.6) is 5.75 Å². The van der Waals surface area contributed by atoms with Crippen molar-refractivity contribution < 1.29 is 13.9 Å². The third kappa shape index (κ3) is 2.83. The van der Waals surface area contributed by atoms with Gasteiger partial charge in [-0.25, -0.2) is 9.07 Å². The van der Waals surface area contributed by atoms with E-state index >= 15 is 0 Å². The number of aromatic nitrogens is 2. The van der Waals surface area contributed by atoms with Gasteiger partial charge in [-0.2, -0.15) is 0 Å². The molecule has 0 amide bonds. The van der Waals surface area contributed by atoms with Crippen molar-refractivity contribution in [2.75, 3.05) is 12.4 Å². The molecular formula is C20H18FN3O2. The maximum atomic E-state index is 13.3. The van der Waals surface area contributed by atoms with E-state index in [1.165, 1.54) is 12.1 Å². The lowest BCUT2D eigenvalue weighted by atomic mass is 9.95. The molecule has 0 unspecified atom stereocenters. The number of methoxy groups -OCH3 is 1. The zero-order valence-electron chi connectivity index (χ0n) is 14.3. The second-order valence-electron chi connectivity index (χ2n) is 6.16. The molecule has 0 radical (unpaired) electrons. The summed E-state index contributed by atoms with van der Waals surface area (Å²) in [6.07, 6.45) is 2.04. The molecule has 1 aromatic heterocycles. The third-order valence-electron chi connectivity index (χ3n) is 4.51. The predicted molar refractivity (Wildman–Crippen MR) is 97.1 cm³/mol. The van der Waals surface area contributed by atoms with Crippen LogP contribution in [0.15, 0.2) is 48.5 Å². The van der Waals surface area contributed by atoms with Gasteiger partial charge in [0.1, 0.15) is 11.6 Å². The number of nitrogens with one attached hydrogen (secondary N) is 1. The van der Waals surface area contributed by atoms with Crippen molar-refractivity contribution in [2.45, 2.75) is 19.3 Å². The van der Waals surface area contributed by atoms with Crippen LogP contribution in [-0.4, -0.2) is 22.7 Å². The number of Topliss-reactive ketones (excluding diaryl/α,β-unsaturated/α-hetero) is 1. The number of hydrogen-bond acceptors (Lipinski definition) is 4. The number of rotatable bonds is 4. The first-order valence-electron chi connectivity index (χ1n) is 8.48. The van der Waals surface area contributed by atoms with Gasteiger partial charge in [-0.3, -0.25) is 4.79 Å². The van der Waals surface area contributed by atoms with Crippen LogP contribution in [0.4, 0.5) is 15.9 Å². The molecule has 4 rings (SSSR count). The van der Waals surface area contributed by atoms with Gasteiger partial charge in [0.15, 0.2) is 11.6 Å². The lowest BCUT2D eigenvalue weighted by Crippen LogP contribution is -2.13. The topological polar surface area (TPSA) is 56.1 Å². The number of nitrogens with zero attached hydrogens (tertiary/aromatic N) is 2. The highest BCUT2D eigenvalue weighted by Gasteiger charge is 2.28. The molecule has 1 N–H and O–H groups in total. The van der Waals surface area contributed by atoms with Crippen molar-refractivity contribution in [3.05, 3.63) is 65.6 Å². The molecule has 0 bridgehead atoms. The van der Waals surface area contributed by atoms with Gasteiger partial charge in [0, 0.05) is 6.42 Å². The first-order chi connectivity index (χ1) is 12.7. The molecule has 1 aliphatic carbocycles. The van der Waals surface area contributed by atoms with E-state index in [1.54, 1.807) is 23.9 Å². The average Bonchev–Trinajstić information content (AvgIpc) is 3.03. The van der Waals surface area contributed by atoms with Crippen LogP contribution < -0.4 is 10.1 Å². The fourth-order valence-corrected chi connectivity index (χ4v) is 3.28. The molecule has 0 spiro atoms. The van der Waals surface area contributed by atoms with E-state index in [0.29, 0.717) is 23.6 Å². The van der Waals surface area contributed by atoms with Crippen LogP contribution in [0, 0.1) is 5.82 Å². The van der Waals surface area contributed by atoms with Crippen molar-refractivity contribution >= 4 is 17.3 Å².